The fourth-order valence-electron chi connectivity index (χ4n) is 1.42. The molecule has 0 unspecified atom stereocenters. The van der Waals surface area contributed by atoms with Crippen LogP contribution in [0.1, 0.15) is 34.6 Å². The van der Waals surface area contributed by atoms with Crippen LogP contribution in [0.15, 0.2) is 17.2 Å². The van der Waals surface area contributed by atoms with Gasteiger partial charge in [0, 0.05) is 19.4 Å². The molecule has 0 fully saturated rings. The van der Waals surface area contributed by atoms with E-state index >= 15 is 0 Å². The Bertz CT molecular complexity index is 475. The monoisotopic (exact) mass is 253 g/mol. The van der Waals surface area contributed by atoms with Gasteiger partial charge in [0.25, 0.3) is 0 Å². The molecule has 1 aromatic rings. The Morgan fingerprint density at radius 1 is 1.06 bits per heavy atom. The van der Waals surface area contributed by atoms with Crippen molar-refractivity contribution in [3.8, 4) is 0 Å². The zero-order chi connectivity index (χ0) is 13.7. The molecule has 0 saturated heterocycles. The molecule has 18 heavy (non-hydrogen) atoms. The lowest BCUT2D eigenvalue weighted by Gasteiger charge is -2.07. The number of aromatic nitrogens is 1. The van der Waals surface area contributed by atoms with Crippen LogP contribution < -0.4 is 5.43 Å². The second-order valence-corrected chi connectivity index (χ2v) is 3.52. The predicted molar refractivity (Wildman–Crippen MR) is 63.6 cm³/mol. The number of carbonyl (C=O) groups is 2. The normalized spacial score (nSPS) is 9.94. The smallest absolute Gasteiger partial charge is 0.343 e. The van der Waals surface area contributed by atoms with E-state index < -0.39 is 17.4 Å². The number of hydrogen-bond donors (Lipinski definition) is 0. The average molecular weight is 253 g/mol. The van der Waals surface area contributed by atoms with Gasteiger partial charge < -0.3 is 14.0 Å². The van der Waals surface area contributed by atoms with Crippen LogP contribution in [0.4, 0.5) is 0 Å². The molecule has 0 bridgehead atoms. The van der Waals surface area contributed by atoms with E-state index in [1.165, 1.54) is 17.0 Å². The summed E-state index contributed by atoms with van der Waals surface area (Å²) in [5, 5.41) is 0. The van der Waals surface area contributed by atoms with E-state index in [-0.39, 0.29) is 24.3 Å². The molecule has 0 atom stereocenters. The summed E-state index contributed by atoms with van der Waals surface area (Å²) in [5.74, 6) is -1.49. The minimum Gasteiger partial charge on any atom is -0.462 e. The Balaban J connectivity index is 3.26. The summed E-state index contributed by atoms with van der Waals surface area (Å²) in [6.45, 7) is 3.59. The fraction of sp³-hybridized carbons (Fsp3) is 0.417. The highest BCUT2D eigenvalue weighted by molar-refractivity contribution is 5.94. The van der Waals surface area contributed by atoms with Crippen LogP contribution in [-0.2, 0) is 16.5 Å². The molecule has 0 aliphatic rings. The molecule has 0 spiro atoms. The van der Waals surface area contributed by atoms with E-state index in [0.29, 0.717) is 0 Å². The zero-order valence-corrected chi connectivity index (χ0v) is 10.6. The summed E-state index contributed by atoms with van der Waals surface area (Å²) >= 11 is 0. The maximum atomic E-state index is 11.9. The lowest BCUT2D eigenvalue weighted by Crippen LogP contribution is -2.26. The quantitative estimate of drug-likeness (QED) is 0.740. The summed E-state index contributed by atoms with van der Waals surface area (Å²) in [4.78, 5) is 35.1. The first-order valence-corrected chi connectivity index (χ1v) is 5.55. The Morgan fingerprint density at radius 3 is 1.78 bits per heavy atom. The van der Waals surface area contributed by atoms with Crippen molar-refractivity contribution in [3.05, 3.63) is 33.7 Å². The Kier molecular flexibility index (Phi) is 4.65. The topological polar surface area (TPSA) is 74.6 Å². The zero-order valence-electron chi connectivity index (χ0n) is 10.6. The van der Waals surface area contributed by atoms with Crippen molar-refractivity contribution in [2.75, 3.05) is 13.2 Å². The molecule has 0 amide bonds. The van der Waals surface area contributed by atoms with Gasteiger partial charge in [0.1, 0.15) is 11.1 Å². The number of aryl methyl sites for hydroxylation is 1. The lowest BCUT2D eigenvalue weighted by molar-refractivity contribution is 0.0520. The van der Waals surface area contributed by atoms with Crippen LogP contribution in [0.2, 0.25) is 0 Å². The van der Waals surface area contributed by atoms with Gasteiger partial charge in [0.15, 0.2) is 0 Å². The van der Waals surface area contributed by atoms with E-state index in [0.717, 1.165) is 0 Å². The summed E-state index contributed by atoms with van der Waals surface area (Å²) in [7, 11) is 1.60. The first kappa shape index (κ1) is 14.0. The second-order valence-electron chi connectivity index (χ2n) is 3.52. The van der Waals surface area contributed by atoms with Crippen molar-refractivity contribution in [2.45, 2.75) is 13.8 Å². The molecule has 0 saturated carbocycles. The Hall–Kier alpha value is -2.11. The van der Waals surface area contributed by atoms with Crippen LogP contribution >= 0.6 is 0 Å². The predicted octanol–water partition coefficient (Wildman–Crippen LogP) is 0.739. The van der Waals surface area contributed by atoms with Crippen LogP contribution in [0, 0.1) is 0 Å². The number of carbonyl (C=O) groups excluding carboxylic acids is 2. The standard InChI is InChI=1S/C12H15NO5/c1-4-17-11(15)8-6-13(3)7-9(10(8)14)12(16)18-5-2/h6-7H,4-5H2,1-3H3. The number of ether oxygens (including phenoxy) is 2. The van der Waals surface area contributed by atoms with Crippen molar-refractivity contribution in [2.24, 2.45) is 7.05 Å². The molecule has 0 aliphatic heterocycles. The minimum atomic E-state index is -0.746. The number of rotatable bonds is 4. The Morgan fingerprint density at radius 2 is 1.44 bits per heavy atom. The average Bonchev–Trinajstić information content (AvgIpc) is 2.32. The van der Waals surface area contributed by atoms with Gasteiger partial charge in [0.05, 0.1) is 13.2 Å². The molecule has 98 valence electrons. The summed E-state index contributed by atoms with van der Waals surface area (Å²) < 4.78 is 11.0. The third kappa shape index (κ3) is 2.97. The van der Waals surface area contributed by atoms with Crippen molar-refractivity contribution < 1.29 is 19.1 Å². The number of pyridine rings is 1. The molecule has 0 N–H and O–H groups in total. The van der Waals surface area contributed by atoms with Crippen molar-refractivity contribution >= 4 is 11.9 Å². The van der Waals surface area contributed by atoms with Gasteiger partial charge in [-0.15, -0.1) is 0 Å². The molecule has 1 heterocycles. The van der Waals surface area contributed by atoms with Gasteiger partial charge in [-0.25, -0.2) is 9.59 Å². The maximum absolute atomic E-state index is 11.9. The van der Waals surface area contributed by atoms with Crippen LogP contribution in [0.25, 0.3) is 0 Å². The Labute approximate surface area is 104 Å². The summed E-state index contributed by atoms with van der Waals surface area (Å²) in [5.41, 5.74) is -1.03. The molecular weight excluding hydrogens is 238 g/mol. The summed E-state index contributed by atoms with van der Waals surface area (Å²) in [6.07, 6.45) is 2.64. The third-order valence-corrected chi connectivity index (χ3v) is 2.15. The highest BCUT2D eigenvalue weighted by Crippen LogP contribution is 2.01. The fourth-order valence-corrected chi connectivity index (χ4v) is 1.42. The molecule has 1 rings (SSSR count). The molecule has 0 aromatic carbocycles. The van der Waals surface area contributed by atoms with E-state index in [1.807, 2.05) is 0 Å². The van der Waals surface area contributed by atoms with Gasteiger partial charge in [-0.1, -0.05) is 0 Å². The van der Waals surface area contributed by atoms with Gasteiger partial charge in [-0.3, -0.25) is 4.79 Å². The molecule has 0 aliphatic carbocycles. The number of hydrogen-bond acceptors (Lipinski definition) is 5. The highest BCUT2D eigenvalue weighted by atomic mass is 16.5. The van der Waals surface area contributed by atoms with Crippen molar-refractivity contribution in [3.63, 3.8) is 0 Å². The number of esters is 2. The maximum Gasteiger partial charge on any atom is 0.343 e. The van der Waals surface area contributed by atoms with Gasteiger partial charge in [-0.05, 0) is 13.8 Å². The SMILES string of the molecule is CCOC(=O)c1cn(C)cc(C(=O)OCC)c1=O. The molecule has 1 aromatic heterocycles. The second kappa shape index (κ2) is 6.00. The van der Waals surface area contributed by atoms with Crippen LogP contribution in [-0.4, -0.2) is 29.7 Å². The van der Waals surface area contributed by atoms with Gasteiger partial charge >= 0.3 is 11.9 Å². The van der Waals surface area contributed by atoms with E-state index in [9.17, 15) is 14.4 Å². The molecule has 0 radical (unpaired) electrons. The minimum absolute atomic E-state index is 0.158. The number of nitrogens with zero attached hydrogens (tertiary/aromatic N) is 1. The first-order chi connectivity index (χ1) is 8.51. The highest BCUT2D eigenvalue weighted by Gasteiger charge is 2.20. The van der Waals surface area contributed by atoms with E-state index in [2.05, 4.69) is 0 Å². The molecule has 6 nitrogen and oxygen atoms in total. The van der Waals surface area contributed by atoms with E-state index in [1.54, 1.807) is 20.9 Å². The van der Waals surface area contributed by atoms with Crippen molar-refractivity contribution in [1.29, 1.82) is 0 Å². The third-order valence-electron chi connectivity index (χ3n) is 2.15. The van der Waals surface area contributed by atoms with Gasteiger partial charge in [-0.2, -0.15) is 0 Å². The van der Waals surface area contributed by atoms with E-state index in [4.69, 9.17) is 9.47 Å². The van der Waals surface area contributed by atoms with Gasteiger partial charge in [0.2, 0.25) is 5.43 Å². The van der Waals surface area contributed by atoms with Crippen LogP contribution in [0.3, 0.4) is 0 Å². The van der Waals surface area contributed by atoms with Crippen molar-refractivity contribution in [1.82, 2.24) is 4.57 Å². The summed E-state index contributed by atoms with van der Waals surface area (Å²) in [6, 6.07) is 0. The molecular formula is C12H15NO5. The largest absolute Gasteiger partial charge is 0.462 e. The lowest BCUT2D eigenvalue weighted by atomic mass is 10.2. The molecule has 6 heteroatoms. The van der Waals surface area contributed by atoms with Crippen LogP contribution in [0.5, 0.6) is 0 Å². The first-order valence-electron chi connectivity index (χ1n) is 5.55.